The van der Waals surface area contributed by atoms with Crippen molar-refractivity contribution < 1.29 is 9.90 Å². The van der Waals surface area contributed by atoms with Crippen molar-refractivity contribution in [3.05, 3.63) is 35.4 Å². The van der Waals surface area contributed by atoms with Crippen LogP contribution in [0.4, 0.5) is 0 Å². The Morgan fingerprint density at radius 3 is 2.81 bits per heavy atom. The first-order valence-corrected chi connectivity index (χ1v) is 5.77. The molecule has 2 aliphatic rings. The summed E-state index contributed by atoms with van der Waals surface area (Å²) in [6.45, 7) is 1.66. The molecule has 3 heteroatoms. The van der Waals surface area contributed by atoms with E-state index < -0.39 is 0 Å². The summed E-state index contributed by atoms with van der Waals surface area (Å²) in [5.41, 5.74) is 2.50. The largest absolute Gasteiger partial charge is 0.396 e. The van der Waals surface area contributed by atoms with Crippen LogP contribution in [0.5, 0.6) is 0 Å². The summed E-state index contributed by atoms with van der Waals surface area (Å²) >= 11 is 0. The van der Waals surface area contributed by atoms with Crippen LogP contribution in [0.25, 0.3) is 0 Å². The number of benzene rings is 1. The van der Waals surface area contributed by atoms with Crippen LogP contribution in [-0.2, 0) is 11.2 Å². The van der Waals surface area contributed by atoms with E-state index in [4.69, 9.17) is 5.11 Å². The van der Waals surface area contributed by atoms with Crippen molar-refractivity contribution in [3.63, 3.8) is 0 Å². The molecule has 0 radical (unpaired) electrons. The van der Waals surface area contributed by atoms with Gasteiger partial charge in [-0.3, -0.25) is 4.79 Å². The van der Waals surface area contributed by atoms with Crippen LogP contribution >= 0.6 is 0 Å². The van der Waals surface area contributed by atoms with Gasteiger partial charge < -0.3 is 10.0 Å². The lowest BCUT2D eigenvalue weighted by atomic mass is 9.76. The van der Waals surface area contributed by atoms with E-state index in [1.54, 1.807) is 0 Å². The van der Waals surface area contributed by atoms with E-state index in [0.29, 0.717) is 5.92 Å². The molecule has 1 amide bonds. The predicted octanol–water partition coefficient (Wildman–Crippen LogP) is 0.777. The van der Waals surface area contributed by atoms with Gasteiger partial charge in [-0.05, 0) is 17.5 Å². The van der Waals surface area contributed by atoms with Gasteiger partial charge in [0.1, 0.15) is 0 Å². The van der Waals surface area contributed by atoms with E-state index in [2.05, 4.69) is 6.07 Å². The Morgan fingerprint density at radius 2 is 2.12 bits per heavy atom. The molecule has 1 fully saturated rings. The molecule has 1 aliphatic carbocycles. The molecule has 0 saturated carbocycles. The maximum Gasteiger partial charge on any atom is 0.230 e. The lowest BCUT2D eigenvalue weighted by molar-refractivity contribution is -0.140. The number of nitrogens with zero attached hydrogens (tertiary/aromatic N) is 1. The highest BCUT2D eigenvalue weighted by Crippen LogP contribution is 2.37. The van der Waals surface area contributed by atoms with Crippen LogP contribution in [-0.4, -0.2) is 35.6 Å². The Hall–Kier alpha value is -1.35. The van der Waals surface area contributed by atoms with Crippen LogP contribution in [0.15, 0.2) is 24.3 Å². The molecule has 0 bridgehead atoms. The number of carbonyl (C=O) groups excluding carboxylic acids is 1. The Morgan fingerprint density at radius 1 is 1.38 bits per heavy atom. The van der Waals surface area contributed by atoms with Crippen molar-refractivity contribution in [2.45, 2.75) is 12.3 Å². The molecule has 0 spiro atoms. The standard InChI is InChI=1S/C13H15NO2/c15-8-9-6-14(7-9)13(16)12-5-10-3-1-2-4-11(10)12/h1-4,9,12,15H,5-8H2. The van der Waals surface area contributed by atoms with Gasteiger partial charge in [0.2, 0.25) is 5.91 Å². The maximum atomic E-state index is 12.1. The van der Waals surface area contributed by atoms with Gasteiger partial charge in [0.25, 0.3) is 0 Å². The number of hydrogen-bond acceptors (Lipinski definition) is 2. The molecule has 3 nitrogen and oxygen atoms in total. The van der Waals surface area contributed by atoms with E-state index in [1.165, 1.54) is 11.1 Å². The quantitative estimate of drug-likeness (QED) is 0.795. The zero-order chi connectivity index (χ0) is 11.1. The zero-order valence-corrected chi connectivity index (χ0v) is 9.10. The van der Waals surface area contributed by atoms with Crippen molar-refractivity contribution in [1.82, 2.24) is 4.90 Å². The van der Waals surface area contributed by atoms with Crippen molar-refractivity contribution in [3.8, 4) is 0 Å². The molecule has 84 valence electrons. The molecule has 3 rings (SSSR count). The summed E-state index contributed by atoms with van der Waals surface area (Å²) in [5, 5.41) is 8.92. The minimum Gasteiger partial charge on any atom is -0.396 e. The number of fused-ring (bicyclic) bond motifs is 1. The maximum absolute atomic E-state index is 12.1. The SMILES string of the molecule is O=C(C1Cc2ccccc21)N1CC(CO)C1. The molecule has 16 heavy (non-hydrogen) atoms. The summed E-state index contributed by atoms with van der Waals surface area (Å²) in [6.07, 6.45) is 0.884. The highest BCUT2D eigenvalue weighted by molar-refractivity contribution is 5.87. The second-order valence-corrected chi connectivity index (χ2v) is 4.75. The van der Waals surface area contributed by atoms with Gasteiger partial charge in [-0.25, -0.2) is 0 Å². The zero-order valence-electron chi connectivity index (χ0n) is 9.10. The van der Waals surface area contributed by atoms with E-state index in [9.17, 15) is 4.79 Å². The molecule has 1 unspecified atom stereocenters. The first kappa shape index (κ1) is 9.85. The van der Waals surface area contributed by atoms with Gasteiger partial charge in [0.05, 0.1) is 5.92 Å². The summed E-state index contributed by atoms with van der Waals surface area (Å²) < 4.78 is 0. The predicted molar refractivity (Wildman–Crippen MR) is 60.0 cm³/mol. The third kappa shape index (κ3) is 1.35. The Labute approximate surface area is 94.7 Å². The van der Waals surface area contributed by atoms with E-state index in [0.717, 1.165) is 19.5 Å². The fourth-order valence-electron chi connectivity index (χ4n) is 2.56. The smallest absolute Gasteiger partial charge is 0.230 e. The summed E-state index contributed by atoms with van der Waals surface area (Å²) in [6, 6.07) is 8.15. The third-order valence-corrected chi connectivity index (χ3v) is 3.68. The summed E-state index contributed by atoms with van der Waals surface area (Å²) in [4.78, 5) is 13.9. The van der Waals surface area contributed by atoms with Crippen molar-refractivity contribution in [1.29, 1.82) is 0 Å². The van der Waals surface area contributed by atoms with Crippen molar-refractivity contribution in [2.75, 3.05) is 19.7 Å². The average Bonchev–Trinajstić information content (AvgIpc) is 2.18. The van der Waals surface area contributed by atoms with Crippen molar-refractivity contribution in [2.24, 2.45) is 5.92 Å². The van der Waals surface area contributed by atoms with Gasteiger partial charge in [0.15, 0.2) is 0 Å². The van der Waals surface area contributed by atoms with Crippen molar-refractivity contribution >= 4 is 5.91 Å². The molecule has 1 N–H and O–H groups in total. The minimum absolute atomic E-state index is 0.0795. The van der Waals surface area contributed by atoms with Gasteiger partial charge in [-0.15, -0.1) is 0 Å². The molecule has 1 aromatic carbocycles. The molecule has 0 aromatic heterocycles. The fraction of sp³-hybridized carbons (Fsp3) is 0.462. The number of hydrogen-bond donors (Lipinski definition) is 1. The molecular formula is C13H15NO2. The lowest BCUT2D eigenvalue weighted by Gasteiger charge is -2.42. The number of rotatable bonds is 2. The second kappa shape index (κ2) is 3.59. The normalized spacial score (nSPS) is 23.3. The summed E-state index contributed by atoms with van der Waals surface area (Å²) in [5.74, 6) is 0.624. The Balaban J connectivity index is 1.67. The highest BCUT2D eigenvalue weighted by Gasteiger charge is 2.39. The van der Waals surface area contributed by atoms with E-state index in [-0.39, 0.29) is 18.4 Å². The van der Waals surface area contributed by atoms with Crippen LogP contribution < -0.4 is 0 Å². The van der Waals surface area contributed by atoms with Crippen LogP contribution in [0.3, 0.4) is 0 Å². The van der Waals surface area contributed by atoms with Crippen LogP contribution in [0.1, 0.15) is 17.0 Å². The fourth-order valence-corrected chi connectivity index (χ4v) is 2.56. The highest BCUT2D eigenvalue weighted by atomic mass is 16.3. The number of amides is 1. The minimum atomic E-state index is 0.0795. The van der Waals surface area contributed by atoms with E-state index >= 15 is 0 Å². The molecule has 1 atom stereocenters. The monoisotopic (exact) mass is 217 g/mol. The number of carbonyl (C=O) groups is 1. The average molecular weight is 217 g/mol. The summed E-state index contributed by atoms with van der Waals surface area (Å²) in [7, 11) is 0. The Bertz CT molecular complexity index is 424. The number of likely N-dealkylation sites (tertiary alicyclic amines) is 1. The number of aliphatic hydroxyl groups excluding tert-OH is 1. The second-order valence-electron chi connectivity index (χ2n) is 4.75. The molecule has 1 aliphatic heterocycles. The van der Waals surface area contributed by atoms with Gasteiger partial charge >= 0.3 is 0 Å². The lowest BCUT2D eigenvalue weighted by Crippen LogP contribution is -2.54. The number of aliphatic hydroxyl groups is 1. The van der Waals surface area contributed by atoms with Crippen LogP contribution in [0, 0.1) is 5.92 Å². The van der Waals surface area contributed by atoms with Gasteiger partial charge in [-0.2, -0.15) is 0 Å². The molecular weight excluding hydrogens is 202 g/mol. The first-order chi connectivity index (χ1) is 7.79. The molecule has 1 aromatic rings. The first-order valence-electron chi connectivity index (χ1n) is 5.77. The molecule has 1 saturated heterocycles. The van der Waals surface area contributed by atoms with Gasteiger partial charge in [0, 0.05) is 25.6 Å². The Kier molecular flexibility index (Phi) is 2.21. The van der Waals surface area contributed by atoms with Crippen LogP contribution in [0.2, 0.25) is 0 Å². The third-order valence-electron chi connectivity index (χ3n) is 3.68. The van der Waals surface area contributed by atoms with E-state index in [1.807, 2.05) is 23.1 Å². The topological polar surface area (TPSA) is 40.5 Å². The molecule has 1 heterocycles. The van der Waals surface area contributed by atoms with Gasteiger partial charge in [-0.1, -0.05) is 24.3 Å².